The molecule has 0 radical (unpaired) electrons. The first-order valence-corrected chi connectivity index (χ1v) is 5.83. The predicted molar refractivity (Wildman–Crippen MR) is 67.8 cm³/mol. The summed E-state index contributed by atoms with van der Waals surface area (Å²) in [6, 6.07) is 4.59. The molecule has 0 aliphatic heterocycles. The average molecular weight is 295 g/mol. The summed E-state index contributed by atoms with van der Waals surface area (Å²) in [6.07, 6.45) is -2.95. The Morgan fingerprint density at radius 3 is 2.62 bits per heavy atom. The Kier molecular flexibility index (Phi) is 2.75. The van der Waals surface area contributed by atoms with Crippen LogP contribution in [-0.2, 0) is 6.18 Å². The third-order valence-corrected chi connectivity index (χ3v) is 3.09. The molecule has 5 nitrogen and oxygen atoms in total. The number of hydrogen-bond donors (Lipinski definition) is 3. The zero-order valence-electron chi connectivity index (χ0n) is 10.3. The second kappa shape index (κ2) is 4.37. The Morgan fingerprint density at radius 1 is 1.24 bits per heavy atom. The summed E-state index contributed by atoms with van der Waals surface area (Å²) in [5, 5.41) is 15.3. The molecule has 0 atom stereocenters. The minimum atomic E-state index is -4.44. The summed E-state index contributed by atoms with van der Waals surface area (Å²) in [4.78, 5) is 13.6. The van der Waals surface area contributed by atoms with Gasteiger partial charge in [-0.05, 0) is 24.3 Å². The number of carboxylic acid groups (broad SMARTS) is 1. The van der Waals surface area contributed by atoms with Crippen LogP contribution in [0.25, 0.3) is 22.2 Å². The Labute approximate surface area is 115 Å². The first-order chi connectivity index (χ1) is 9.86. The molecule has 0 amide bonds. The van der Waals surface area contributed by atoms with Gasteiger partial charge >= 0.3 is 12.1 Å². The van der Waals surface area contributed by atoms with Gasteiger partial charge in [-0.15, -0.1) is 0 Å². The summed E-state index contributed by atoms with van der Waals surface area (Å²) < 4.78 is 38.3. The van der Waals surface area contributed by atoms with E-state index in [0.717, 1.165) is 12.1 Å². The molecule has 0 saturated heterocycles. The molecule has 0 aliphatic carbocycles. The summed E-state index contributed by atoms with van der Waals surface area (Å²) in [7, 11) is 0. The van der Waals surface area contributed by atoms with E-state index in [1.54, 1.807) is 0 Å². The predicted octanol–water partition coefficient (Wildman–Crippen LogP) is 3.28. The number of carboxylic acids is 1. The van der Waals surface area contributed by atoms with E-state index in [0.29, 0.717) is 16.5 Å². The number of rotatable bonds is 2. The van der Waals surface area contributed by atoms with Crippen LogP contribution in [0.2, 0.25) is 0 Å². The van der Waals surface area contributed by atoms with Crippen LogP contribution in [0, 0.1) is 0 Å². The Balaban J connectivity index is 2.16. The maximum absolute atomic E-state index is 12.8. The maximum atomic E-state index is 12.8. The van der Waals surface area contributed by atoms with Crippen LogP contribution in [0.3, 0.4) is 0 Å². The second-order valence-electron chi connectivity index (χ2n) is 4.43. The molecule has 0 fully saturated rings. The van der Waals surface area contributed by atoms with Crippen LogP contribution in [0.15, 0.2) is 30.5 Å². The number of carbonyl (C=O) groups is 1. The molecule has 0 bridgehead atoms. The van der Waals surface area contributed by atoms with E-state index in [4.69, 9.17) is 5.11 Å². The molecule has 21 heavy (non-hydrogen) atoms. The zero-order valence-corrected chi connectivity index (χ0v) is 10.3. The fourth-order valence-corrected chi connectivity index (χ4v) is 2.08. The van der Waals surface area contributed by atoms with Crippen molar-refractivity contribution in [1.29, 1.82) is 0 Å². The molecule has 0 aliphatic rings. The van der Waals surface area contributed by atoms with Gasteiger partial charge in [-0.2, -0.15) is 18.3 Å². The molecule has 0 saturated carbocycles. The minimum Gasteiger partial charge on any atom is -0.477 e. The van der Waals surface area contributed by atoms with E-state index in [1.807, 2.05) is 0 Å². The van der Waals surface area contributed by atoms with Gasteiger partial charge in [-0.1, -0.05) is 0 Å². The van der Waals surface area contributed by atoms with Crippen molar-refractivity contribution in [3.05, 3.63) is 41.7 Å². The number of H-pyrrole nitrogens is 2. The van der Waals surface area contributed by atoms with Crippen LogP contribution in [0.4, 0.5) is 13.2 Å². The molecular weight excluding hydrogens is 287 g/mol. The number of aromatic carboxylic acids is 1. The van der Waals surface area contributed by atoms with Crippen LogP contribution in [0.5, 0.6) is 0 Å². The Hall–Kier alpha value is -2.77. The third kappa shape index (κ3) is 2.24. The van der Waals surface area contributed by atoms with Gasteiger partial charge in [0.05, 0.1) is 11.3 Å². The summed E-state index contributed by atoms with van der Waals surface area (Å²) in [5.74, 6) is -1.19. The van der Waals surface area contributed by atoms with Crippen molar-refractivity contribution in [2.45, 2.75) is 6.18 Å². The van der Waals surface area contributed by atoms with Crippen LogP contribution >= 0.6 is 0 Å². The monoisotopic (exact) mass is 295 g/mol. The van der Waals surface area contributed by atoms with Gasteiger partial charge in [0.1, 0.15) is 5.69 Å². The van der Waals surface area contributed by atoms with Gasteiger partial charge in [0.15, 0.2) is 0 Å². The summed E-state index contributed by atoms with van der Waals surface area (Å²) >= 11 is 0. The number of nitrogens with one attached hydrogen (secondary N) is 2. The zero-order chi connectivity index (χ0) is 15.2. The largest absolute Gasteiger partial charge is 0.477 e. The lowest BCUT2D eigenvalue weighted by atomic mass is 10.1. The molecule has 0 unspecified atom stereocenters. The number of aromatic amines is 2. The van der Waals surface area contributed by atoms with Crippen LogP contribution < -0.4 is 0 Å². The summed E-state index contributed by atoms with van der Waals surface area (Å²) in [5.41, 5.74) is 0.270. The van der Waals surface area contributed by atoms with E-state index in [2.05, 4.69) is 15.2 Å². The number of benzene rings is 1. The van der Waals surface area contributed by atoms with Crippen molar-refractivity contribution >= 4 is 16.9 Å². The molecule has 3 rings (SSSR count). The highest BCUT2D eigenvalue weighted by Gasteiger charge is 2.30. The lowest BCUT2D eigenvalue weighted by molar-refractivity contribution is -0.137. The number of aromatic nitrogens is 3. The van der Waals surface area contributed by atoms with Crippen LogP contribution in [-0.4, -0.2) is 26.3 Å². The lowest BCUT2D eigenvalue weighted by Gasteiger charge is -2.06. The maximum Gasteiger partial charge on any atom is 0.416 e. The third-order valence-electron chi connectivity index (χ3n) is 3.09. The molecule has 2 aromatic heterocycles. The van der Waals surface area contributed by atoms with Crippen LogP contribution in [0.1, 0.15) is 16.1 Å². The van der Waals surface area contributed by atoms with Gasteiger partial charge in [-0.25, -0.2) is 4.79 Å². The molecule has 108 valence electrons. The van der Waals surface area contributed by atoms with E-state index < -0.39 is 17.7 Å². The van der Waals surface area contributed by atoms with E-state index in [-0.39, 0.29) is 11.4 Å². The Bertz CT molecular complexity index is 833. The van der Waals surface area contributed by atoms with Crippen molar-refractivity contribution in [2.75, 3.05) is 0 Å². The second-order valence-corrected chi connectivity index (χ2v) is 4.43. The number of alkyl halides is 3. The van der Waals surface area contributed by atoms with Gasteiger partial charge < -0.3 is 10.1 Å². The number of fused-ring (bicyclic) bond motifs is 1. The first-order valence-electron chi connectivity index (χ1n) is 5.83. The molecule has 8 heteroatoms. The van der Waals surface area contributed by atoms with Crippen molar-refractivity contribution in [1.82, 2.24) is 15.2 Å². The SMILES string of the molecule is O=C(O)c1cc(-c2c[nH]c3ccc(C(F)(F)F)cc23)n[nH]1. The number of halogens is 3. The topological polar surface area (TPSA) is 81.8 Å². The fraction of sp³-hybridized carbons (Fsp3) is 0.0769. The quantitative estimate of drug-likeness (QED) is 0.678. The molecular formula is C13H8F3N3O2. The molecule has 2 heterocycles. The van der Waals surface area contributed by atoms with E-state index >= 15 is 0 Å². The number of nitrogens with zero attached hydrogens (tertiary/aromatic N) is 1. The standard InChI is InChI=1S/C13H8F3N3O2/c14-13(15,16)6-1-2-9-7(3-6)8(5-17-9)10-4-11(12(20)21)19-18-10/h1-5,17H,(H,18,19)(H,20,21). The van der Waals surface area contributed by atoms with Crippen molar-refractivity contribution in [2.24, 2.45) is 0 Å². The van der Waals surface area contributed by atoms with E-state index in [1.165, 1.54) is 18.3 Å². The molecule has 3 aromatic rings. The summed E-state index contributed by atoms with van der Waals surface area (Å²) in [6.45, 7) is 0. The average Bonchev–Trinajstić information content (AvgIpc) is 3.03. The van der Waals surface area contributed by atoms with Gasteiger partial charge in [-0.3, -0.25) is 5.10 Å². The highest BCUT2D eigenvalue weighted by Crippen LogP contribution is 2.34. The smallest absolute Gasteiger partial charge is 0.416 e. The van der Waals surface area contributed by atoms with Gasteiger partial charge in [0.25, 0.3) is 0 Å². The lowest BCUT2D eigenvalue weighted by Crippen LogP contribution is -2.04. The molecule has 0 spiro atoms. The van der Waals surface area contributed by atoms with Gasteiger partial charge in [0, 0.05) is 22.7 Å². The van der Waals surface area contributed by atoms with Crippen molar-refractivity contribution < 1.29 is 23.1 Å². The van der Waals surface area contributed by atoms with Crippen molar-refractivity contribution in [3.8, 4) is 11.3 Å². The normalized spacial score (nSPS) is 12.0. The van der Waals surface area contributed by atoms with E-state index in [9.17, 15) is 18.0 Å². The highest BCUT2D eigenvalue weighted by atomic mass is 19.4. The minimum absolute atomic E-state index is 0.133. The van der Waals surface area contributed by atoms with Crippen molar-refractivity contribution in [3.63, 3.8) is 0 Å². The Morgan fingerprint density at radius 2 is 2.00 bits per heavy atom. The fourth-order valence-electron chi connectivity index (χ4n) is 2.08. The first kappa shape index (κ1) is 13.2. The highest BCUT2D eigenvalue weighted by molar-refractivity contribution is 5.96. The van der Waals surface area contributed by atoms with Gasteiger partial charge in [0.2, 0.25) is 0 Å². The number of hydrogen-bond acceptors (Lipinski definition) is 2. The molecule has 3 N–H and O–H groups in total. The molecule has 1 aromatic carbocycles.